The summed E-state index contributed by atoms with van der Waals surface area (Å²) in [5.74, 6) is 0.723. The van der Waals surface area contributed by atoms with Crippen LogP contribution in [0.25, 0.3) is 10.9 Å². The molecule has 1 aromatic carbocycles. The van der Waals surface area contributed by atoms with Crippen molar-refractivity contribution in [2.75, 3.05) is 0 Å². The summed E-state index contributed by atoms with van der Waals surface area (Å²) in [6, 6.07) is 5.15. The van der Waals surface area contributed by atoms with Gasteiger partial charge in [0.05, 0.1) is 10.9 Å². The number of aromatic nitrogens is 4. The quantitative estimate of drug-likeness (QED) is 0.669. The summed E-state index contributed by atoms with van der Waals surface area (Å²) < 4.78 is 6.63. The van der Waals surface area contributed by atoms with Crippen molar-refractivity contribution < 1.29 is 0 Å². The van der Waals surface area contributed by atoms with Crippen molar-refractivity contribution in [3.63, 3.8) is 0 Å². The predicted octanol–water partition coefficient (Wildman–Crippen LogP) is 3.77. The lowest BCUT2D eigenvalue weighted by Crippen LogP contribution is -2.23. The Bertz CT molecular complexity index is 890. The minimum Gasteiger partial charge on any atom is -0.287 e. The van der Waals surface area contributed by atoms with Crippen LogP contribution in [0, 0.1) is 6.92 Å². The van der Waals surface area contributed by atoms with Crippen molar-refractivity contribution >= 4 is 45.8 Å². The molecule has 0 aliphatic rings. The highest BCUT2D eigenvalue weighted by Gasteiger charge is 2.14. The lowest BCUT2D eigenvalue weighted by Gasteiger charge is -2.11. The first-order chi connectivity index (χ1) is 10.6. The van der Waals surface area contributed by atoms with Crippen LogP contribution >= 0.6 is 34.9 Å². The van der Waals surface area contributed by atoms with Crippen molar-refractivity contribution in [2.24, 2.45) is 0 Å². The molecule has 0 saturated carbocycles. The van der Waals surface area contributed by atoms with Gasteiger partial charge >= 0.3 is 0 Å². The molecule has 0 aliphatic carbocycles. The van der Waals surface area contributed by atoms with Crippen LogP contribution < -0.4 is 5.56 Å². The summed E-state index contributed by atoms with van der Waals surface area (Å²) in [7, 11) is 0. The number of aryl methyl sites for hydroxylation is 1. The van der Waals surface area contributed by atoms with Gasteiger partial charge in [-0.15, -0.1) is 0 Å². The van der Waals surface area contributed by atoms with E-state index in [1.54, 1.807) is 22.8 Å². The third kappa shape index (κ3) is 3.02. The predicted molar refractivity (Wildman–Crippen MR) is 90.1 cm³/mol. The molecule has 0 radical (unpaired) electrons. The number of benzene rings is 1. The molecule has 22 heavy (non-hydrogen) atoms. The Morgan fingerprint density at radius 3 is 2.86 bits per heavy atom. The van der Waals surface area contributed by atoms with Crippen LogP contribution in [0.15, 0.2) is 32.5 Å². The van der Waals surface area contributed by atoms with Gasteiger partial charge in [0.15, 0.2) is 9.50 Å². The number of hydrogen-bond acceptors (Lipinski definition) is 6. The number of halogens is 1. The van der Waals surface area contributed by atoms with E-state index in [4.69, 9.17) is 11.6 Å². The standard InChI is InChI=1S/C14H13ClN4OS2/c1-3-6-19-12(20)10-5-4-9(15)7-11(10)17-13(19)21-14-16-8(2)18-22-14/h4-5,7H,3,6H2,1-2H3. The van der Waals surface area contributed by atoms with E-state index in [9.17, 15) is 4.79 Å². The molecule has 0 saturated heterocycles. The molecule has 0 N–H and O–H groups in total. The highest BCUT2D eigenvalue weighted by molar-refractivity contribution is 8.00. The Morgan fingerprint density at radius 2 is 2.18 bits per heavy atom. The Balaban J connectivity index is 2.17. The average molecular weight is 353 g/mol. The summed E-state index contributed by atoms with van der Waals surface area (Å²) >= 11 is 8.68. The minimum absolute atomic E-state index is 0.0488. The van der Waals surface area contributed by atoms with Gasteiger partial charge < -0.3 is 0 Å². The summed E-state index contributed by atoms with van der Waals surface area (Å²) in [5.41, 5.74) is 0.556. The fourth-order valence-electron chi connectivity index (χ4n) is 2.07. The van der Waals surface area contributed by atoms with Crippen molar-refractivity contribution in [1.29, 1.82) is 0 Å². The molecule has 114 valence electrons. The highest BCUT2D eigenvalue weighted by Crippen LogP contribution is 2.28. The van der Waals surface area contributed by atoms with Crippen LogP contribution in [-0.4, -0.2) is 18.9 Å². The van der Waals surface area contributed by atoms with Crippen LogP contribution in [-0.2, 0) is 6.54 Å². The molecule has 0 aliphatic heterocycles. The van der Waals surface area contributed by atoms with E-state index in [-0.39, 0.29) is 5.56 Å². The van der Waals surface area contributed by atoms with Crippen molar-refractivity contribution in [3.05, 3.63) is 39.4 Å². The fourth-order valence-corrected chi connectivity index (χ4v) is 3.91. The van der Waals surface area contributed by atoms with Gasteiger partial charge in [0.2, 0.25) is 0 Å². The largest absolute Gasteiger partial charge is 0.287 e. The molecular weight excluding hydrogens is 340 g/mol. The first-order valence-electron chi connectivity index (χ1n) is 6.76. The summed E-state index contributed by atoms with van der Waals surface area (Å²) in [6.45, 7) is 4.49. The van der Waals surface area contributed by atoms with Gasteiger partial charge in [0, 0.05) is 11.6 Å². The molecule has 0 amide bonds. The molecule has 0 atom stereocenters. The molecular formula is C14H13ClN4OS2. The number of hydrogen-bond donors (Lipinski definition) is 0. The van der Waals surface area contributed by atoms with Crippen molar-refractivity contribution in [3.8, 4) is 0 Å². The Hall–Kier alpha value is -1.44. The van der Waals surface area contributed by atoms with Crippen LogP contribution in [0.3, 0.4) is 0 Å². The normalized spacial score (nSPS) is 11.2. The fraction of sp³-hybridized carbons (Fsp3) is 0.286. The number of fused-ring (bicyclic) bond motifs is 1. The molecule has 0 bridgehead atoms. The van der Waals surface area contributed by atoms with Crippen LogP contribution in [0.1, 0.15) is 19.2 Å². The molecule has 3 rings (SSSR count). The zero-order valence-electron chi connectivity index (χ0n) is 12.0. The van der Waals surface area contributed by atoms with Gasteiger partial charge in [-0.2, -0.15) is 4.37 Å². The van der Waals surface area contributed by atoms with Gasteiger partial charge in [-0.25, -0.2) is 9.97 Å². The maximum atomic E-state index is 12.7. The van der Waals surface area contributed by atoms with Crippen molar-refractivity contribution in [1.82, 2.24) is 18.9 Å². The van der Waals surface area contributed by atoms with E-state index >= 15 is 0 Å². The maximum Gasteiger partial charge on any atom is 0.262 e. The smallest absolute Gasteiger partial charge is 0.262 e. The molecule has 5 nitrogen and oxygen atoms in total. The number of rotatable bonds is 4. The van der Waals surface area contributed by atoms with E-state index in [1.807, 2.05) is 13.8 Å². The molecule has 3 aromatic rings. The van der Waals surface area contributed by atoms with Crippen LogP contribution in [0.5, 0.6) is 0 Å². The average Bonchev–Trinajstić information content (AvgIpc) is 2.88. The second-order valence-corrected chi connectivity index (χ2v) is 7.12. The molecule has 2 aromatic heterocycles. The number of nitrogens with zero attached hydrogens (tertiary/aromatic N) is 4. The van der Waals surface area contributed by atoms with Crippen LogP contribution in [0.2, 0.25) is 5.02 Å². The van der Waals surface area contributed by atoms with Gasteiger partial charge in [0.25, 0.3) is 5.56 Å². The first-order valence-corrected chi connectivity index (χ1v) is 8.73. The second kappa shape index (κ2) is 6.36. The third-order valence-corrected chi connectivity index (χ3v) is 5.09. The Labute approximate surface area is 140 Å². The van der Waals surface area contributed by atoms with E-state index in [2.05, 4.69) is 14.3 Å². The zero-order valence-corrected chi connectivity index (χ0v) is 14.4. The summed E-state index contributed by atoms with van der Waals surface area (Å²) in [5, 5.41) is 1.77. The van der Waals surface area contributed by atoms with Crippen molar-refractivity contribution in [2.45, 2.75) is 36.3 Å². The molecule has 2 heterocycles. The third-order valence-electron chi connectivity index (χ3n) is 3.02. The van der Waals surface area contributed by atoms with E-state index in [0.29, 0.717) is 27.6 Å². The topological polar surface area (TPSA) is 60.7 Å². The SMILES string of the molecule is CCCn1c(Sc2nc(C)ns2)nc2cc(Cl)ccc2c1=O. The second-order valence-electron chi connectivity index (χ2n) is 4.72. The monoisotopic (exact) mass is 352 g/mol. The lowest BCUT2D eigenvalue weighted by molar-refractivity contribution is 0.584. The van der Waals surface area contributed by atoms with Gasteiger partial charge in [-0.05, 0) is 54.8 Å². The van der Waals surface area contributed by atoms with Gasteiger partial charge in [-0.1, -0.05) is 18.5 Å². The maximum absolute atomic E-state index is 12.7. The van der Waals surface area contributed by atoms with Gasteiger partial charge in [-0.3, -0.25) is 9.36 Å². The summed E-state index contributed by atoms with van der Waals surface area (Å²) in [4.78, 5) is 21.6. The lowest BCUT2D eigenvalue weighted by atomic mass is 10.2. The molecule has 0 unspecified atom stereocenters. The molecule has 0 spiro atoms. The van der Waals surface area contributed by atoms with E-state index in [0.717, 1.165) is 16.6 Å². The highest BCUT2D eigenvalue weighted by atomic mass is 35.5. The first kappa shape index (κ1) is 15.5. The molecule has 8 heteroatoms. The van der Waals surface area contributed by atoms with E-state index < -0.39 is 0 Å². The summed E-state index contributed by atoms with van der Waals surface area (Å²) in [6.07, 6.45) is 0.851. The Morgan fingerprint density at radius 1 is 1.36 bits per heavy atom. The zero-order chi connectivity index (χ0) is 15.7. The Kier molecular flexibility index (Phi) is 4.46. The van der Waals surface area contributed by atoms with E-state index in [1.165, 1.54) is 23.3 Å². The minimum atomic E-state index is -0.0488. The van der Waals surface area contributed by atoms with Crippen LogP contribution in [0.4, 0.5) is 0 Å². The van der Waals surface area contributed by atoms with Gasteiger partial charge in [0.1, 0.15) is 5.82 Å². The molecule has 0 fully saturated rings.